The van der Waals surface area contributed by atoms with Crippen LogP contribution in [0, 0.1) is 0 Å². The van der Waals surface area contributed by atoms with Crippen LogP contribution in [0.4, 0.5) is 0 Å². The van der Waals surface area contributed by atoms with E-state index in [-0.39, 0.29) is 10.6 Å². The van der Waals surface area contributed by atoms with Crippen molar-refractivity contribution in [3.05, 3.63) is 106 Å². The van der Waals surface area contributed by atoms with Gasteiger partial charge in [0.05, 0.1) is 16.8 Å². The molecule has 1 atom stereocenters. The lowest BCUT2D eigenvalue weighted by Gasteiger charge is -2.13. The molecule has 0 radical (unpaired) electrons. The van der Waals surface area contributed by atoms with E-state index in [0.29, 0.717) is 22.1 Å². The Labute approximate surface area is 212 Å². The number of halogens is 2. The van der Waals surface area contributed by atoms with Crippen LogP contribution in [-0.2, 0) is 4.79 Å². The standard InChI is InChI=1S/C27H20Cl2N2O4/c1-17(34-23-11-9-19-6-2-3-7-20(19)14-23)26(32)31-30-16-18-5-4-8-22(13-18)35-27(33)24-12-10-21(28)15-25(24)29/h2-17H,1H3,(H,31,32). The minimum Gasteiger partial charge on any atom is -0.481 e. The number of carbonyl (C=O) groups excluding carboxylic acids is 2. The molecule has 0 bridgehead atoms. The average molecular weight is 507 g/mol. The molecule has 4 aromatic carbocycles. The summed E-state index contributed by atoms with van der Waals surface area (Å²) in [6.07, 6.45) is 0.678. The second-order valence-corrected chi connectivity index (χ2v) is 8.43. The lowest BCUT2D eigenvalue weighted by atomic mass is 10.1. The van der Waals surface area contributed by atoms with Crippen LogP contribution in [0.1, 0.15) is 22.8 Å². The van der Waals surface area contributed by atoms with Gasteiger partial charge in [0.25, 0.3) is 5.91 Å². The maximum absolute atomic E-state index is 12.4. The molecule has 0 saturated carbocycles. The summed E-state index contributed by atoms with van der Waals surface area (Å²) in [7, 11) is 0. The molecule has 0 aromatic heterocycles. The first-order chi connectivity index (χ1) is 16.9. The summed E-state index contributed by atoms with van der Waals surface area (Å²) in [5.74, 6) is -0.141. The molecular formula is C27H20Cl2N2O4. The summed E-state index contributed by atoms with van der Waals surface area (Å²) in [5, 5.41) is 6.70. The summed E-state index contributed by atoms with van der Waals surface area (Å²) in [5.41, 5.74) is 3.26. The van der Waals surface area contributed by atoms with Crippen molar-refractivity contribution in [2.45, 2.75) is 13.0 Å². The predicted octanol–water partition coefficient (Wildman–Crippen LogP) is 6.28. The fourth-order valence-electron chi connectivity index (χ4n) is 3.24. The number of amides is 1. The SMILES string of the molecule is CC(Oc1ccc2ccccc2c1)C(=O)NN=Cc1cccc(OC(=O)c2ccc(Cl)cc2Cl)c1. The van der Waals surface area contributed by atoms with Crippen LogP contribution in [-0.4, -0.2) is 24.2 Å². The summed E-state index contributed by atoms with van der Waals surface area (Å²) in [4.78, 5) is 24.8. The Morgan fingerprint density at radius 3 is 2.49 bits per heavy atom. The predicted molar refractivity (Wildman–Crippen MR) is 138 cm³/mol. The fourth-order valence-corrected chi connectivity index (χ4v) is 3.72. The molecule has 1 amide bonds. The number of nitrogens with zero attached hydrogens (tertiary/aromatic N) is 1. The Kier molecular flexibility index (Phi) is 7.65. The van der Waals surface area contributed by atoms with Gasteiger partial charge in [0.15, 0.2) is 6.10 Å². The lowest BCUT2D eigenvalue weighted by Crippen LogP contribution is -2.33. The van der Waals surface area contributed by atoms with Crippen LogP contribution >= 0.6 is 23.2 Å². The number of fused-ring (bicyclic) bond motifs is 1. The molecular weight excluding hydrogens is 487 g/mol. The third-order valence-corrected chi connectivity index (χ3v) is 5.56. The van der Waals surface area contributed by atoms with Crippen LogP contribution in [0.5, 0.6) is 11.5 Å². The van der Waals surface area contributed by atoms with Crippen molar-refractivity contribution < 1.29 is 19.1 Å². The fraction of sp³-hybridized carbons (Fsp3) is 0.0741. The first-order valence-electron chi connectivity index (χ1n) is 10.6. The third-order valence-electron chi connectivity index (χ3n) is 5.01. The van der Waals surface area contributed by atoms with Crippen LogP contribution < -0.4 is 14.9 Å². The number of carbonyl (C=O) groups is 2. The molecule has 0 aliphatic rings. The summed E-state index contributed by atoms with van der Waals surface area (Å²) in [6.45, 7) is 1.64. The molecule has 4 aromatic rings. The highest BCUT2D eigenvalue weighted by atomic mass is 35.5. The van der Waals surface area contributed by atoms with Crippen molar-refractivity contribution in [2.75, 3.05) is 0 Å². The van der Waals surface area contributed by atoms with E-state index < -0.39 is 18.0 Å². The molecule has 35 heavy (non-hydrogen) atoms. The molecule has 0 aliphatic carbocycles. The number of rotatable bonds is 7. The number of nitrogens with one attached hydrogen (secondary N) is 1. The van der Waals surface area contributed by atoms with E-state index in [2.05, 4.69) is 10.5 Å². The zero-order chi connectivity index (χ0) is 24.8. The zero-order valence-electron chi connectivity index (χ0n) is 18.6. The highest BCUT2D eigenvalue weighted by Gasteiger charge is 2.15. The number of hydrogen-bond donors (Lipinski definition) is 1. The summed E-state index contributed by atoms with van der Waals surface area (Å²) >= 11 is 11.9. The van der Waals surface area contributed by atoms with Gasteiger partial charge in [-0.25, -0.2) is 10.2 Å². The maximum atomic E-state index is 12.4. The van der Waals surface area contributed by atoms with Gasteiger partial charge in [-0.3, -0.25) is 4.79 Å². The van der Waals surface area contributed by atoms with Gasteiger partial charge in [0.1, 0.15) is 11.5 Å². The molecule has 4 rings (SSSR count). The normalized spacial score (nSPS) is 11.9. The lowest BCUT2D eigenvalue weighted by molar-refractivity contribution is -0.127. The average Bonchev–Trinajstić information content (AvgIpc) is 2.84. The van der Waals surface area contributed by atoms with E-state index >= 15 is 0 Å². The van der Waals surface area contributed by atoms with E-state index in [9.17, 15) is 9.59 Å². The molecule has 0 fully saturated rings. The highest BCUT2D eigenvalue weighted by Crippen LogP contribution is 2.23. The van der Waals surface area contributed by atoms with Gasteiger partial charge in [-0.15, -0.1) is 0 Å². The Hall–Kier alpha value is -3.87. The number of hydrogen-bond acceptors (Lipinski definition) is 5. The first kappa shape index (κ1) is 24.3. The third kappa shape index (κ3) is 6.38. The number of esters is 1. The van der Waals surface area contributed by atoms with Crippen molar-refractivity contribution in [2.24, 2.45) is 5.10 Å². The summed E-state index contributed by atoms with van der Waals surface area (Å²) < 4.78 is 11.1. The van der Waals surface area contributed by atoms with E-state index in [1.54, 1.807) is 37.3 Å². The molecule has 0 aliphatic heterocycles. The molecule has 1 N–H and O–H groups in total. The molecule has 6 nitrogen and oxygen atoms in total. The molecule has 176 valence electrons. The van der Waals surface area contributed by atoms with E-state index in [4.69, 9.17) is 32.7 Å². The monoisotopic (exact) mass is 506 g/mol. The van der Waals surface area contributed by atoms with Crippen molar-refractivity contribution in [1.29, 1.82) is 0 Å². The van der Waals surface area contributed by atoms with Crippen LogP contribution in [0.3, 0.4) is 0 Å². The van der Waals surface area contributed by atoms with Gasteiger partial charge < -0.3 is 9.47 Å². The first-order valence-corrected chi connectivity index (χ1v) is 11.4. The minimum absolute atomic E-state index is 0.197. The van der Waals surface area contributed by atoms with Crippen LogP contribution in [0.2, 0.25) is 10.0 Å². The zero-order valence-corrected chi connectivity index (χ0v) is 20.1. The van der Waals surface area contributed by atoms with E-state index in [0.717, 1.165) is 10.8 Å². The quantitative estimate of drug-likeness (QED) is 0.138. The van der Waals surface area contributed by atoms with Gasteiger partial charge in [-0.1, -0.05) is 65.7 Å². The Bertz CT molecular complexity index is 1420. The van der Waals surface area contributed by atoms with Crippen molar-refractivity contribution in [3.63, 3.8) is 0 Å². The van der Waals surface area contributed by atoms with E-state index in [1.807, 2.05) is 42.5 Å². The Balaban J connectivity index is 1.34. The van der Waals surface area contributed by atoms with Crippen molar-refractivity contribution in [3.8, 4) is 11.5 Å². The number of ether oxygens (including phenoxy) is 2. The van der Waals surface area contributed by atoms with Crippen molar-refractivity contribution >= 4 is 52.1 Å². The second kappa shape index (κ2) is 11.0. The van der Waals surface area contributed by atoms with Crippen molar-refractivity contribution in [1.82, 2.24) is 5.43 Å². The van der Waals surface area contributed by atoms with E-state index in [1.165, 1.54) is 18.3 Å². The minimum atomic E-state index is -0.760. The molecule has 8 heteroatoms. The molecule has 0 saturated heterocycles. The molecule has 0 heterocycles. The molecule has 1 unspecified atom stereocenters. The van der Waals surface area contributed by atoms with Crippen LogP contribution in [0.15, 0.2) is 90.0 Å². The highest BCUT2D eigenvalue weighted by molar-refractivity contribution is 6.36. The van der Waals surface area contributed by atoms with Gasteiger partial charge >= 0.3 is 5.97 Å². The van der Waals surface area contributed by atoms with Gasteiger partial charge in [-0.2, -0.15) is 5.10 Å². The Morgan fingerprint density at radius 2 is 1.69 bits per heavy atom. The van der Waals surface area contributed by atoms with Gasteiger partial charge in [0.2, 0.25) is 0 Å². The van der Waals surface area contributed by atoms with Gasteiger partial charge in [-0.05, 0) is 65.7 Å². The topological polar surface area (TPSA) is 77.0 Å². The van der Waals surface area contributed by atoms with Crippen LogP contribution in [0.25, 0.3) is 10.8 Å². The Morgan fingerprint density at radius 1 is 0.886 bits per heavy atom. The largest absolute Gasteiger partial charge is 0.481 e. The second-order valence-electron chi connectivity index (χ2n) is 7.59. The van der Waals surface area contributed by atoms with Gasteiger partial charge in [0, 0.05) is 5.02 Å². The molecule has 0 spiro atoms. The number of benzene rings is 4. The summed E-state index contributed by atoms with van der Waals surface area (Å²) in [6, 6.07) is 24.7. The smallest absolute Gasteiger partial charge is 0.345 e. The number of hydrazone groups is 1. The maximum Gasteiger partial charge on any atom is 0.345 e.